The molecule has 0 radical (unpaired) electrons. The number of hydrogen-bond donors (Lipinski definition) is 3. The van der Waals surface area contributed by atoms with E-state index in [9.17, 15) is 18.8 Å². The number of fused-ring (bicyclic) bond motifs is 1. The number of piperazine rings is 1. The lowest BCUT2D eigenvalue weighted by Gasteiger charge is -2.32. The van der Waals surface area contributed by atoms with Crippen molar-refractivity contribution >= 4 is 23.5 Å². The van der Waals surface area contributed by atoms with E-state index in [-0.39, 0.29) is 24.4 Å². The Bertz CT molecular complexity index is 666. The number of urea groups is 1. The third-order valence-electron chi connectivity index (χ3n) is 4.03. The molecular weight excluding hydrogens is 303 g/mol. The molecule has 1 aromatic rings. The fourth-order valence-corrected chi connectivity index (χ4v) is 2.97. The first-order chi connectivity index (χ1) is 10.9. The average Bonchev–Trinajstić information content (AvgIpc) is 2.89. The van der Waals surface area contributed by atoms with Gasteiger partial charge >= 0.3 is 6.03 Å². The van der Waals surface area contributed by atoms with E-state index in [4.69, 9.17) is 0 Å². The van der Waals surface area contributed by atoms with Gasteiger partial charge in [-0.05, 0) is 31.5 Å². The number of nitrogens with zero attached hydrogens (tertiary/aromatic N) is 1. The van der Waals surface area contributed by atoms with Gasteiger partial charge in [-0.25, -0.2) is 9.18 Å². The highest BCUT2D eigenvalue weighted by atomic mass is 19.1. The summed E-state index contributed by atoms with van der Waals surface area (Å²) in [6.45, 7) is 1.92. The summed E-state index contributed by atoms with van der Waals surface area (Å²) < 4.78 is 13.1. The molecule has 122 valence electrons. The van der Waals surface area contributed by atoms with Gasteiger partial charge in [0, 0.05) is 12.2 Å². The van der Waals surface area contributed by atoms with Crippen molar-refractivity contribution in [3.63, 3.8) is 0 Å². The minimum atomic E-state index is -0.543. The van der Waals surface area contributed by atoms with Crippen LogP contribution in [0.4, 0.5) is 14.9 Å². The maximum Gasteiger partial charge on any atom is 0.319 e. The summed E-state index contributed by atoms with van der Waals surface area (Å²) in [5.41, 5.74) is 0.334. The van der Waals surface area contributed by atoms with Gasteiger partial charge in [0.15, 0.2) is 0 Å². The number of carbonyl (C=O) groups is 3. The molecule has 3 N–H and O–H groups in total. The fourth-order valence-electron chi connectivity index (χ4n) is 2.97. The molecule has 7 nitrogen and oxygen atoms in total. The maximum atomic E-state index is 13.1. The van der Waals surface area contributed by atoms with Crippen molar-refractivity contribution in [2.45, 2.75) is 31.5 Å². The zero-order valence-corrected chi connectivity index (χ0v) is 12.5. The molecule has 3 rings (SSSR count). The molecule has 2 saturated heterocycles. The summed E-state index contributed by atoms with van der Waals surface area (Å²) in [6, 6.07) is 3.64. The zero-order chi connectivity index (χ0) is 16.6. The van der Waals surface area contributed by atoms with Crippen LogP contribution in [0.3, 0.4) is 0 Å². The van der Waals surface area contributed by atoms with Crippen LogP contribution in [0, 0.1) is 5.82 Å². The van der Waals surface area contributed by atoms with Gasteiger partial charge in [-0.1, -0.05) is 6.07 Å². The number of halogens is 1. The van der Waals surface area contributed by atoms with E-state index in [1.807, 2.05) is 0 Å². The number of hydrogen-bond acceptors (Lipinski definition) is 3. The second-order valence-corrected chi connectivity index (χ2v) is 5.78. The maximum absolute atomic E-state index is 13.1. The summed E-state index contributed by atoms with van der Waals surface area (Å²) in [4.78, 5) is 37.4. The number of anilines is 1. The molecule has 2 aliphatic heterocycles. The Hall–Kier alpha value is -2.64. The highest BCUT2D eigenvalue weighted by molar-refractivity contribution is 5.97. The summed E-state index contributed by atoms with van der Waals surface area (Å²) in [6.07, 6.45) is 0.362. The van der Waals surface area contributed by atoms with Crippen molar-refractivity contribution in [3.05, 3.63) is 30.1 Å². The van der Waals surface area contributed by atoms with Crippen molar-refractivity contribution in [1.82, 2.24) is 15.5 Å². The quantitative estimate of drug-likeness (QED) is 0.738. The SMILES string of the molecule is C[C@H]1NC(=O)[C@@H]2C[C@H](NC(=O)Nc3cccc(F)c3)CN2C1=O. The molecule has 0 unspecified atom stereocenters. The monoisotopic (exact) mass is 320 g/mol. The van der Waals surface area contributed by atoms with Crippen LogP contribution in [-0.2, 0) is 9.59 Å². The van der Waals surface area contributed by atoms with Crippen LogP contribution in [0.2, 0.25) is 0 Å². The number of rotatable bonds is 2. The molecule has 0 saturated carbocycles. The predicted octanol–water partition coefficient (Wildman–Crippen LogP) is 0.435. The minimum Gasteiger partial charge on any atom is -0.343 e. The minimum absolute atomic E-state index is 0.149. The van der Waals surface area contributed by atoms with Crippen molar-refractivity contribution in [1.29, 1.82) is 0 Å². The molecule has 0 aliphatic carbocycles. The molecule has 2 heterocycles. The van der Waals surface area contributed by atoms with E-state index in [1.54, 1.807) is 13.0 Å². The second-order valence-electron chi connectivity index (χ2n) is 5.78. The first-order valence-corrected chi connectivity index (χ1v) is 7.38. The van der Waals surface area contributed by atoms with Crippen molar-refractivity contribution in [3.8, 4) is 0 Å². The van der Waals surface area contributed by atoms with Crippen LogP contribution in [-0.4, -0.2) is 47.4 Å². The summed E-state index contributed by atoms with van der Waals surface area (Å²) >= 11 is 0. The molecule has 0 bridgehead atoms. The van der Waals surface area contributed by atoms with Crippen LogP contribution < -0.4 is 16.0 Å². The highest BCUT2D eigenvalue weighted by Crippen LogP contribution is 2.22. The topological polar surface area (TPSA) is 90.5 Å². The second kappa shape index (κ2) is 5.86. The Morgan fingerprint density at radius 3 is 2.91 bits per heavy atom. The van der Waals surface area contributed by atoms with Gasteiger partial charge in [-0.2, -0.15) is 0 Å². The predicted molar refractivity (Wildman–Crippen MR) is 80.1 cm³/mol. The standard InChI is InChI=1S/C15H17FN4O3/c1-8-14(22)20-7-11(6-12(20)13(21)17-8)19-15(23)18-10-4-2-3-9(16)5-10/h2-5,8,11-12H,6-7H2,1H3,(H,17,21)(H2,18,19,23)/t8-,11+,12+/m1/s1. The summed E-state index contributed by atoms with van der Waals surface area (Å²) in [5.74, 6) is -0.798. The Kier molecular flexibility index (Phi) is 3.89. The van der Waals surface area contributed by atoms with Crippen LogP contribution >= 0.6 is 0 Å². The Morgan fingerprint density at radius 2 is 2.17 bits per heavy atom. The molecule has 3 atom stereocenters. The number of nitrogens with one attached hydrogen (secondary N) is 3. The third-order valence-corrected chi connectivity index (χ3v) is 4.03. The van der Waals surface area contributed by atoms with Crippen LogP contribution in [0.5, 0.6) is 0 Å². The van der Waals surface area contributed by atoms with Gasteiger partial charge in [0.25, 0.3) is 0 Å². The summed E-state index contributed by atoms with van der Waals surface area (Å²) in [5, 5.41) is 7.86. The summed E-state index contributed by atoms with van der Waals surface area (Å²) in [7, 11) is 0. The van der Waals surface area contributed by atoms with Gasteiger partial charge in [-0.15, -0.1) is 0 Å². The van der Waals surface area contributed by atoms with E-state index in [0.29, 0.717) is 12.1 Å². The smallest absolute Gasteiger partial charge is 0.319 e. The van der Waals surface area contributed by atoms with Gasteiger partial charge in [0.1, 0.15) is 17.9 Å². The lowest BCUT2D eigenvalue weighted by atomic mass is 10.1. The van der Waals surface area contributed by atoms with Crippen molar-refractivity contribution in [2.75, 3.05) is 11.9 Å². The average molecular weight is 320 g/mol. The van der Waals surface area contributed by atoms with E-state index in [2.05, 4.69) is 16.0 Å². The van der Waals surface area contributed by atoms with E-state index in [1.165, 1.54) is 23.1 Å². The molecule has 8 heteroatoms. The van der Waals surface area contributed by atoms with E-state index < -0.39 is 23.9 Å². The largest absolute Gasteiger partial charge is 0.343 e. The number of amides is 4. The van der Waals surface area contributed by atoms with Gasteiger partial charge in [0.05, 0.1) is 6.04 Å². The van der Waals surface area contributed by atoms with Crippen LogP contribution in [0.15, 0.2) is 24.3 Å². The third kappa shape index (κ3) is 3.10. The Morgan fingerprint density at radius 1 is 1.39 bits per heavy atom. The molecule has 2 fully saturated rings. The Labute approximate surface area is 132 Å². The first-order valence-electron chi connectivity index (χ1n) is 7.38. The van der Waals surface area contributed by atoms with Crippen molar-refractivity contribution in [2.24, 2.45) is 0 Å². The normalized spacial score (nSPS) is 26.5. The molecule has 1 aromatic carbocycles. The molecule has 23 heavy (non-hydrogen) atoms. The van der Waals surface area contributed by atoms with Crippen LogP contribution in [0.1, 0.15) is 13.3 Å². The number of carbonyl (C=O) groups excluding carboxylic acids is 3. The van der Waals surface area contributed by atoms with Crippen molar-refractivity contribution < 1.29 is 18.8 Å². The highest BCUT2D eigenvalue weighted by Gasteiger charge is 2.45. The van der Waals surface area contributed by atoms with Gasteiger partial charge in [0.2, 0.25) is 11.8 Å². The molecule has 0 aromatic heterocycles. The van der Waals surface area contributed by atoms with Gasteiger partial charge < -0.3 is 20.9 Å². The zero-order valence-electron chi connectivity index (χ0n) is 12.5. The van der Waals surface area contributed by atoms with Gasteiger partial charge in [-0.3, -0.25) is 9.59 Å². The molecule has 2 aliphatic rings. The van der Waals surface area contributed by atoms with Crippen LogP contribution in [0.25, 0.3) is 0 Å². The molecule has 0 spiro atoms. The molecule has 4 amide bonds. The molecular formula is C15H17FN4O3. The lowest BCUT2D eigenvalue weighted by Crippen LogP contribution is -2.60. The van der Waals surface area contributed by atoms with E-state index in [0.717, 1.165) is 0 Å². The first kappa shape index (κ1) is 15.3. The number of benzene rings is 1. The Balaban J connectivity index is 1.60. The fraction of sp³-hybridized carbons (Fsp3) is 0.400. The lowest BCUT2D eigenvalue weighted by molar-refractivity contribution is -0.146. The van der Waals surface area contributed by atoms with E-state index >= 15 is 0 Å².